The summed E-state index contributed by atoms with van der Waals surface area (Å²) in [6.07, 6.45) is 5.71. The number of fused-ring (bicyclic) bond motifs is 1. The van der Waals surface area contributed by atoms with Crippen LogP contribution in [0.25, 0.3) is 0 Å². The summed E-state index contributed by atoms with van der Waals surface area (Å²) in [7, 11) is 3.33. The van der Waals surface area contributed by atoms with Gasteiger partial charge in [0.15, 0.2) is 11.5 Å². The van der Waals surface area contributed by atoms with Crippen LogP contribution in [0.2, 0.25) is 0 Å². The van der Waals surface area contributed by atoms with Crippen LogP contribution in [0.4, 0.5) is 0 Å². The van der Waals surface area contributed by atoms with Crippen LogP contribution in [0.5, 0.6) is 11.5 Å². The molecule has 1 aromatic carbocycles. The zero-order valence-electron chi connectivity index (χ0n) is 15.2. The van der Waals surface area contributed by atoms with E-state index in [0.29, 0.717) is 19.3 Å². The Kier molecular flexibility index (Phi) is 7.81. The van der Waals surface area contributed by atoms with E-state index < -0.39 is 6.10 Å². The molecule has 1 aliphatic heterocycles. The van der Waals surface area contributed by atoms with Gasteiger partial charge in [-0.15, -0.1) is 12.4 Å². The quantitative estimate of drug-likeness (QED) is 0.798. The number of hydrogen-bond donors (Lipinski definition) is 1. The van der Waals surface area contributed by atoms with Gasteiger partial charge in [0, 0.05) is 19.6 Å². The molecule has 1 unspecified atom stereocenters. The van der Waals surface area contributed by atoms with Crippen molar-refractivity contribution in [2.24, 2.45) is 0 Å². The minimum Gasteiger partial charge on any atom is -0.493 e. The second-order valence-electron chi connectivity index (χ2n) is 6.85. The average molecular weight is 372 g/mol. The van der Waals surface area contributed by atoms with Gasteiger partial charge in [0.1, 0.15) is 0 Å². The zero-order valence-corrected chi connectivity index (χ0v) is 16.0. The number of hydrogen-bond acceptors (Lipinski definition) is 5. The number of aliphatic hydroxyl groups excluding tert-OH is 1. The molecule has 1 aromatic rings. The Bertz CT molecular complexity index is 548. The smallest absolute Gasteiger partial charge is 0.161 e. The Morgan fingerprint density at radius 2 is 1.76 bits per heavy atom. The van der Waals surface area contributed by atoms with Crippen molar-refractivity contribution in [3.63, 3.8) is 0 Å². The van der Waals surface area contributed by atoms with Crippen LogP contribution in [0, 0.1) is 0 Å². The Balaban J connectivity index is 0.00000225. The van der Waals surface area contributed by atoms with Crippen LogP contribution in [0.15, 0.2) is 12.1 Å². The highest BCUT2D eigenvalue weighted by atomic mass is 35.5. The molecule has 142 valence electrons. The maximum atomic E-state index is 10.3. The molecule has 0 aromatic heterocycles. The maximum Gasteiger partial charge on any atom is 0.161 e. The van der Waals surface area contributed by atoms with E-state index in [1.165, 1.54) is 24.0 Å². The summed E-state index contributed by atoms with van der Waals surface area (Å²) in [5.74, 6) is 1.55. The summed E-state index contributed by atoms with van der Waals surface area (Å²) in [5, 5.41) is 10.3. The van der Waals surface area contributed by atoms with Crippen molar-refractivity contribution in [1.82, 2.24) is 4.90 Å². The van der Waals surface area contributed by atoms with E-state index in [4.69, 9.17) is 14.2 Å². The Hall–Kier alpha value is -1.01. The number of β-amino-alcohol motifs (C(OH)–C–C–N with tert-alkyl or cyclic N) is 1. The van der Waals surface area contributed by atoms with Crippen molar-refractivity contribution >= 4 is 12.4 Å². The number of rotatable bonds is 7. The fraction of sp³-hybridized carbons (Fsp3) is 0.684. The van der Waals surface area contributed by atoms with Crippen molar-refractivity contribution < 1.29 is 19.3 Å². The Morgan fingerprint density at radius 3 is 2.40 bits per heavy atom. The van der Waals surface area contributed by atoms with Crippen molar-refractivity contribution in [2.45, 2.75) is 50.9 Å². The molecule has 3 rings (SSSR count). The van der Waals surface area contributed by atoms with Gasteiger partial charge in [-0.25, -0.2) is 0 Å². The van der Waals surface area contributed by atoms with Crippen LogP contribution in [-0.2, 0) is 17.7 Å². The first-order chi connectivity index (χ1) is 11.7. The number of halogens is 1. The largest absolute Gasteiger partial charge is 0.493 e. The fourth-order valence-corrected chi connectivity index (χ4v) is 3.75. The molecule has 25 heavy (non-hydrogen) atoms. The number of nitrogens with zero attached hydrogens (tertiary/aromatic N) is 1. The molecule has 2 aliphatic rings. The van der Waals surface area contributed by atoms with Gasteiger partial charge in [-0.2, -0.15) is 0 Å². The van der Waals surface area contributed by atoms with Crippen LogP contribution >= 0.6 is 12.4 Å². The van der Waals surface area contributed by atoms with Crippen LogP contribution < -0.4 is 9.47 Å². The summed E-state index contributed by atoms with van der Waals surface area (Å²) in [4.78, 5) is 2.29. The van der Waals surface area contributed by atoms with E-state index in [0.717, 1.165) is 43.9 Å². The molecular weight excluding hydrogens is 342 g/mol. The van der Waals surface area contributed by atoms with E-state index in [1.54, 1.807) is 14.2 Å². The van der Waals surface area contributed by atoms with Crippen molar-refractivity contribution in [3.8, 4) is 11.5 Å². The predicted molar refractivity (Wildman–Crippen MR) is 100.0 cm³/mol. The third-order valence-corrected chi connectivity index (χ3v) is 5.09. The Labute approximate surface area is 156 Å². The van der Waals surface area contributed by atoms with Gasteiger partial charge in [-0.1, -0.05) is 12.8 Å². The number of ether oxygens (including phenoxy) is 3. The summed E-state index contributed by atoms with van der Waals surface area (Å²) in [5.41, 5.74) is 2.56. The van der Waals surface area contributed by atoms with Crippen LogP contribution in [0.3, 0.4) is 0 Å². The summed E-state index contributed by atoms with van der Waals surface area (Å²) in [6, 6.07) is 4.13. The number of benzene rings is 1. The van der Waals surface area contributed by atoms with Gasteiger partial charge in [0.2, 0.25) is 0 Å². The van der Waals surface area contributed by atoms with Gasteiger partial charge in [-0.05, 0) is 42.5 Å². The SMILES string of the molecule is COc1cc2c(cc1OC)CN(CC(O)COC1CCCC1)CC2.Cl. The van der Waals surface area contributed by atoms with E-state index in [-0.39, 0.29) is 12.4 Å². The molecule has 0 bridgehead atoms. The first-order valence-corrected chi connectivity index (χ1v) is 8.95. The molecule has 1 atom stereocenters. The topological polar surface area (TPSA) is 51.2 Å². The molecule has 1 heterocycles. The highest BCUT2D eigenvalue weighted by Crippen LogP contribution is 2.33. The maximum absolute atomic E-state index is 10.3. The lowest BCUT2D eigenvalue weighted by molar-refractivity contribution is -0.0198. The normalized spacial score (nSPS) is 19.2. The molecular formula is C19H30ClNO4. The van der Waals surface area contributed by atoms with Gasteiger partial charge in [0.05, 0.1) is 33.0 Å². The van der Waals surface area contributed by atoms with E-state index in [1.807, 2.05) is 0 Å². The lowest BCUT2D eigenvalue weighted by atomic mass is 9.98. The summed E-state index contributed by atoms with van der Waals surface area (Å²) >= 11 is 0. The first kappa shape index (κ1) is 20.3. The average Bonchev–Trinajstić information content (AvgIpc) is 3.12. The lowest BCUT2D eigenvalue weighted by Gasteiger charge is -2.31. The summed E-state index contributed by atoms with van der Waals surface area (Å²) in [6.45, 7) is 2.87. The minimum atomic E-state index is -0.424. The number of aliphatic hydroxyl groups is 1. The standard InChI is InChI=1S/C19H29NO4.ClH/c1-22-18-9-14-7-8-20(11-15(14)10-19(18)23-2)12-16(21)13-24-17-5-3-4-6-17;/h9-10,16-17,21H,3-8,11-13H2,1-2H3;1H. The highest BCUT2D eigenvalue weighted by Gasteiger charge is 2.22. The van der Waals surface area contributed by atoms with Crippen molar-refractivity contribution in [3.05, 3.63) is 23.3 Å². The molecule has 0 radical (unpaired) electrons. The highest BCUT2D eigenvalue weighted by molar-refractivity contribution is 5.85. The molecule has 5 nitrogen and oxygen atoms in total. The lowest BCUT2D eigenvalue weighted by Crippen LogP contribution is -2.38. The second-order valence-corrected chi connectivity index (χ2v) is 6.85. The van der Waals surface area contributed by atoms with E-state index in [9.17, 15) is 5.11 Å². The third-order valence-electron chi connectivity index (χ3n) is 5.09. The first-order valence-electron chi connectivity index (χ1n) is 8.95. The molecule has 6 heteroatoms. The van der Waals surface area contributed by atoms with Crippen LogP contribution in [-0.4, -0.2) is 56.1 Å². The predicted octanol–water partition coefficient (Wildman–Crippen LogP) is 2.80. The van der Waals surface area contributed by atoms with Gasteiger partial charge in [0.25, 0.3) is 0 Å². The molecule has 1 N–H and O–H groups in total. The Morgan fingerprint density at radius 1 is 1.12 bits per heavy atom. The molecule has 1 aliphatic carbocycles. The number of methoxy groups -OCH3 is 2. The van der Waals surface area contributed by atoms with Gasteiger partial charge in [-0.3, -0.25) is 4.90 Å². The van der Waals surface area contributed by atoms with E-state index in [2.05, 4.69) is 17.0 Å². The third kappa shape index (κ3) is 5.23. The summed E-state index contributed by atoms with van der Waals surface area (Å²) < 4.78 is 16.6. The van der Waals surface area contributed by atoms with Crippen molar-refractivity contribution in [1.29, 1.82) is 0 Å². The second kappa shape index (κ2) is 9.62. The molecule has 1 saturated carbocycles. The fourth-order valence-electron chi connectivity index (χ4n) is 3.75. The molecule has 0 amide bonds. The van der Waals surface area contributed by atoms with Gasteiger partial charge < -0.3 is 19.3 Å². The monoisotopic (exact) mass is 371 g/mol. The molecule has 0 saturated heterocycles. The molecule has 0 spiro atoms. The van der Waals surface area contributed by atoms with Gasteiger partial charge >= 0.3 is 0 Å². The van der Waals surface area contributed by atoms with E-state index >= 15 is 0 Å². The minimum absolute atomic E-state index is 0. The van der Waals surface area contributed by atoms with Crippen LogP contribution in [0.1, 0.15) is 36.8 Å². The zero-order chi connectivity index (χ0) is 16.9. The van der Waals surface area contributed by atoms with Crippen molar-refractivity contribution in [2.75, 3.05) is 33.9 Å². The molecule has 1 fully saturated rings.